The van der Waals surface area contributed by atoms with Crippen LogP contribution in [0.25, 0.3) is 0 Å². The fourth-order valence-corrected chi connectivity index (χ4v) is 1.46. The van der Waals surface area contributed by atoms with Gasteiger partial charge in [-0.25, -0.2) is 8.78 Å². The third-order valence-corrected chi connectivity index (χ3v) is 1.84. The second-order valence-corrected chi connectivity index (χ2v) is 3.04. The van der Waals surface area contributed by atoms with E-state index in [4.69, 9.17) is 11.6 Å². The van der Waals surface area contributed by atoms with E-state index in [-0.39, 0.29) is 18.1 Å². The number of alkyl halides is 2. The smallest absolute Gasteiger partial charge is 0.262 e. The highest BCUT2D eigenvalue weighted by Crippen LogP contribution is 2.30. The largest absolute Gasteiger partial charge is 0.272 e. The van der Waals surface area contributed by atoms with Crippen LogP contribution in [0.1, 0.15) is 5.69 Å². The lowest BCUT2D eigenvalue weighted by molar-refractivity contribution is 0.000996. The zero-order valence-corrected chi connectivity index (χ0v) is 6.28. The molecule has 0 N–H and O–H groups in total. The molecule has 0 amide bonds. The van der Waals surface area contributed by atoms with Gasteiger partial charge in [-0.3, -0.25) is 4.68 Å². The molecule has 0 unspecified atom stereocenters. The standard InChI is InChI=1S/C6H5ClF2N2/c7-5-1-4-2-6(8,9)3-11(4)10-5/h1H,2-3H2. The van der Waals surface area contributed by atoms with Crippen molar-refractivity contribution < 1.29 is 8.78 Å². The summed E-state index contributed by atoms with van der Waals surface area (Å²) in [4.78, 5) is 0. The fourth-order valence-electron chi connectivity index (χ4n) is 1.24. The molecule has 0 radical (unpaired) electrons. The number of nitrogens with zero attached hydrogens (tertiary/aromatic N) is 2. The van der Waals surface area contributed by atoms with E-state index in [9.17, 15) is 8.78 Å². The van der Waals surface area contributed by atoms with Gasteiger partial charge in [0.1, 0.15) is 6.54 Å². The number of aromatic nitrogens is 2. The number of fused-ring (bicyclic) bond motifs is 1. The van der Waals surface area contributed by atoms with Crippen LogP contribution in [0.2, 0.25) is 5.15 Å². The van der Waals surface area contributed by atoms with E-state index >= 15 is 0 Å². The maximum atomic E-state index is 12.6. The van der Waals surface area contributed by atoms with Gasteiger partial charge in [0.05, 0.1) is 6.42 Å². The molecule has 0 fully saturated rings. The Balaban J connectivity index is 2.37. The molecule has 0 saturated heterocycles. The van der Waals surface area contributed by atoms with Gasteiger partial charge in [-0.15, -0.1) is 0 Å². The van der Waals surface area contributed by atoms with E-state index < -0.39 is 5.92 Å². The van der Waals surface area contributed by atoms with E-state index in [0.29, 0.717) is 5.69 Å². The average molecular weight is 179 g/mol. The van der Waals surface area contributed by atoms with Crippen molar-refractivity contribution in [3.05, 3.63) is 16.9 Å². The average Bonchev–Trinajstić information content (AvgIpc) is 2.17. The summed E-state index contributed by atoms with van der Waals surface area (Å²) in [5.41, 5.74) is 0.514. The fraction of sp³-hybridized carbons (Fsp3) is 0.500. The molecule has 11 heavy (non-hydrogen) atoms. The Labute approximate surface area is 66.8 Å². The first-order valence-electron chi connectivity index (χ1n) is 3.17. The molecule has 0 saturated carbocycles. The Bertz CT molecular complexity index is 269. The van der Waals surface area contributed by atoms with Crippen LogP contribution >= 0.6 is 11.6 Å². The lowest BCUT2D eigenvalue weighted by Gasteiger charge is -2.04. The predicted octanol–water partition coefficient (Wildman–Crippen LogP) is 1.73. The van der Waals surface area contributed by atoms with E-state index in [1.165, 1.54) is 10.7 Å². The molecule has 0 aliphatic carbocycles. The summed E-state index contributed by atoms with van der Waals surface area (Å²) in [6.45, 7) is -0.338. The Hall–Kier alpha value is -0.640. The van der Waals surface area contributed by atoms with Crippen molar-refractivity contribution >= 4 is 11.6 Å². The summed E-state index contributed by atoms with van der Waals surface area (Å²) in [5, 5.41) is 3.98. The van der Waals surface area contributed by atoms with Gasteiger partial charge in [0.2, 0.25) is 0 Å². The van der Waals surface area contributed by atoms with Crippen LogP contribution in [0.4, 0.5) is 8.78 Å². The molecular weight excluding hydrogens is 174 g/mol. The highest BCUT2D eigenvalue weighted by molar-refractivity contribution is 6.29. The molecular formula is C6H5ClF2N2. The first-order chi connectivity index (χ1) is 5.07. The Morgan fingerprint density at radius 2 is 2.36 bits per heavy atom. The van der Waals surface area contributed by atoms with E-state index in [2.05, 4.69) is 5.10 Å². The zero-order valence-electron chi connectivity index (χ0n) is 5.52. The normalized spacial score (nSPS) is 20.3. The third-order valence-electron chi connectivity index (χ3n) is 1.65. The molecule has 60 valence electrons. The van der Waals surface area contributed by atoms with Crippen LogP contribution in [0.5, 0.6) is 0 Å². The van der Waals surface area contributed by atoms with Gasteiger partial charge >= 0.3 is 0 Å². The van der Waals surface area contributed by atoms with Crippen LogP contribution in [0, 0.1) is 0 Å². The summed E-state index contributed by atoms with van der Waals surface area (Å²) in [7, 11) is 0. The summed E-state index contributed by atoms with van der Waals surface area (Å²) in [5.74, 6) is -2.63. The van der Waals surface area contributed by atoms with Crippen molar-refractivity contribution in [2.24, 2.45) is 0 Å². The number of halogens is 3. The van der Waals surface area contributed by atoms with Gasteiger partial charge in [0.25, 0.3) is 5.92 Å². The number of rotatable bonds is 0. The molecule has 5 heteroatoms. The molecule has 1 aromatic heterocycles. The summed E-state index contributed by atoms with van der Waals surface area (Å²) >= 11 is 5.49. The number of hydrogen-bond acceptors (Lipinski definition) is 1. The molecule has 0 spiro atoms. The lowest BCUT2D eigenvalue weighted by atomic mass is 10.2. The monoisotopic (exact) mass is 178 g/mol. The van der Waals surface area contributed by atoms with Crippen molar-refractivity contribution in [1.82, 2.24) is 9.78 Å². The molecule has 1 aliphatic rings. The van der Waals surface area contributed by atoms with Crippen LogP contribution < -0.4 is 0 Å². The molecule has 2 rings (SSSR count). The summed E-state index contributed by atoms with van der Waals surface area (Å²) in [6.07, 6.45) is -0.243. The van der Waals surface area contributed by atoms with Gasteiger partial charge in [-0.2, -0.15) is 5.10 Å². The van der Waals surface area contributed by atoms with E-state index in [0.717, 1.165) is 0 Å². The van der Waals surface area contributed by atoms with Crippen molar-refractivity contribution in [3.8, 4) is 0 Å². The quantitative estimate of drug-likeness (QED) is 0.592. The van der Waals surface area contributed by atoms with E-state index in [1.54, 1.807) is 0 Å². The Morgan fingerprint density at radius 3 is 3.00 bits per heavy atom. The van der Waals surface area contributed by atoms with Gasteiger partial charge in [0, 0.05) is 5.69 Å². The van der Waals surface area contributed by atoms with Crippen molar-refractivity contribution in [2.75, 3.05) is 0 Å². The Morgan fingerprint density at radius 1 is 1.64 bits per heavy atom. The molecule has 2 nitrogen and oxygen atoms in total. The zero-order chi connectivity index (χ0) is 8.06. The minimum absolute atomic E-state index is 0.243. The minimum atomic E-state index is -2.63. The lowest BCUT2D eigenvalue weighted by Crippen LogP contribution is -2.17. The molecule has 0 bridgehead atoms. The topological polar surface area (TPSA) is 17.8 Å². The van der Waals surface area contributed by atoms with Crippen molar-refractivity contribution in [3.63, 3.8) is 0 Å². The summed E-state index contributed by atoms with van der Waals surface area (Å²) in [6, 6.07) is 1.47. The molecule has 1 aromatic rings. The van der Waals surface area contributed by atoms with Crippen LogP contribution in [0.15, 0.2) is 6.07 Å². The maximum absolute atomic E-state index is 12.6. The first kappa shape index (κ1) is 7.03. The van der Waals surface area contributed by atoms with Gasteiger partial charge in [-0.05, 0) is 6.07 Å². The van der Waals surface area contributed by atoms with Gasteiger partial charge in [-0.1, -0.05) is 11.6 Å². The van der Waals surface area contributed by atoms with Crippen LogP contribution in [-0.4, -0.2) is 15.7 Å². The molecule has 0 aromatic carbocycles. The van der Waals surface area contributed by atoms with Gasteiger partial charge < -0.3 is 0 Å². The second-order valence-electron chi connectivity index (χ2n) is 2.65. The van der Waals surface area contributed by atoms with Crippen LogP contribution in [0.3, 0.4) is 0 Å². The van der Waals surface area contributed by atoms with Gasteiger partial charge in [0.15, 0.2) is 5.15 Å². The molecule has 1 aliphatic heterocycles. The maximum Gasteiger partial charge on any atom is 0.272 e. The predicted molar refractivity (Wildman–Crippen MR) is 35.9 cm³/mol. The highest BCUT2D eigenvalue weighted by atomic mass is 35.5. The molecule has 2 heterocycles. The summed E-state index contributed by atoms with van der Waals surface area (Å²) < 4.78 is 26.4. The van der Waals surface area contributed by atoms with Crippen molar-refractivity contribution in [1.29, 1.82) is 0 Å². The Kier molecular flexibility index (Phi) is 1.24. The minimum Gasteiger partial charge on any atom is -0.262 e. The first-order valence-corrected chi connectivity index (χ1v) is 3.55. The van der Waals surface area contributed by atoms with Crippen LogP contribution in [-0.2, 0) is 13.0 Å². The third kappa shape index (κ3) is 1.11. The SMILES string of the molecule is FC1(F)Cc2cc(Cl)nn2C1. The number of hydrogen-bond donors (Lipinski definition) is 0. The highest BCUT2D eigenvalue weighted by Gasteiger charge is 2.38. The van der Waals surface area contributed by atoms with Crippen molar-refractivity contribution in [2.45, 2.75) is 18.9 Å². The second kappa shape index (κ2) is 1.94. The van der Waals surface area contributed by atoms with E-state index in [1.807, 2.05) is 0 Å². The molecule has 0 atom stereocenters.